The van der Waals surface area contributed by atoms with Gasteiger partial charge in [-0.15, -0.1) is 0 Å². The molecule has 0 radical (unpaired) electrons. The molecule has 4 nitrogen and oxygen atoms in total. The summed E-state index contributed by atoms with van der Waals surface area (Å²) in [7, 11) is 0. The van der Waals surface area contributed by atoms with Crippen molar-refractivity contribution in [3.05, 3.63) is 29.6 Å². The topological polar surface area (TPSA) is 68.0 Å². The van der Waals surface area contributed by atoms with E-state index in [1.54, 1.807) is 6.20 Å². The third-order valence-corrected chi connectivity index (χ3v) is 3.09. The molecule has 100 valence electrons. The van der Waals surface area contributed by atoms with Gasteiger partial charge in [0.1, 0.15) is 0 Å². The molecule has 1 unspecified atom stereocenters. The molecule has 1 aromatic heterocycles. The summed E-state index contributed by atoms with van der Waals surface area (Å²) in [5.74, 6) is -0.0455. The molecule has 1 amide bonds. The molecule has 1 aromatic rings. The van der Waals surface area contributed by atoms with E-state index in [4.69, 9.17) is 5.73 Å². The highest BCUT2D eigenvalue weighted by atomic mass is 16.1. The highest BCUT2D eigenvalue weighted by Gasteiger charge is 2.15. The smallest absolute Gasteiger partial charge is 0.224 e. The van der Waals surface area contributed by atoms with E-state index in [0.29, 0.717) is 13.1 Å². The number of rotatable bonds is 7. The molecule has 18 heavy (non-hydrogen) atoms. The second kappa shape index (κ2) is 7.82. The standard InChI is InChI=1S/C14H23N3O/c1-3-6-12(9-15)14(18)17-10-13-11(4-2)7-5-8-16-13/h5,7-8,12H,3-4,6,9-10,15H2,1-2H3,(H,17,18). The van der Waals surface area contributed by atoms with Crippen LogP contribution in [-0.2, 0) is 17.8 Å². The van der Waals surface area contributed by atoms with E-state index in [2.05, 4.69) is 24.1 Å². The number of nitrogens with zero attached hydrogens (tertiary/aromatic N) is 1. The SMILES string of the molecule is CCCC(CN)C(=O)NCc1ncccc1CC. The molecule has 0 saturated heterocycles. The van der Waals surface area contributed by atoms with Gasteiger partial charge in [-0.25, -0.2) is 0 Å². The minimum absolute atomic E-state index is 0.0343. The van der Waals surface area contributed by atoms with Gasteiger partial charge in [-0.05, 0) is 24.5 Å². The third-order valence-electron chi connectivity index (χ3n) is 3.09. The normalized spacial score (nSPS) is 12.2. The van der Waals surface area contributed by atoms with Crippen LogP contribution >= 0.6 is 0 Å². The Hall–Kier alpha value is -1.42. The molecule has 0 aliphatic rings. The maximum atomic E-state index is 11.9. The number of nitrogens with one attached hydrogen (secondary N) is 1. The van der Waals surface area contributed by atoms with Crippen molar-refractivity contribution in [3.63, 3.8) is 0 Å². The van der Waals surface area contributed by atoms with Gasteiger partial charge in [0.2, 0.25) is 5.91 Å². The molecule has 0 bridgehead atoms. The molecule has 1 heterocycles. The van der Waals surface area contributed by atoms with Crippen LogP contribution in [0.1, 0.15) is 37.9 Å². The number of pyridine rings is 1. The second-order valence-electron chi connectivity index (χ2n) is 4.40. The van der Waals surface area contributed by atoms with Gasteiger partial charge in [0.15, 0.2) is 0 Å². The van der Waals surface area contributed by atoms with Gasteiger partial charge in [-0.3, -0.25) is 9.78 Å². The lowest BCUT2D eigenvalue weighted by Gasteiger charge is -2.14. The lowest BCUT2D eigenvalue weighted by Crippen LogP contribution is -2.35. The van der Waals surface area contributed by atoms with Gasteiger partial charge in [0.25, 0.3) is 0 Å². The average molecular weight is 249 g/mol. The number of amides is 1. The Morgan fingerprint density at radius 3 is 2.89 bits per heavy atom. The van der Waals surface area contributed by atoms with Gasteiger partial charge >= 0.3 is 0 Å². The number of carbonyl (C=O) groups excluding carboxylic acids is 1. The molecule has 0 saturated carbocycles. The van der Waals surface area contributed by atoms with Crippen LogP contribution in [0.15, 0.2) is 18.3 Å². The second-order valence-corrected chi connectivity index (χ2v) is 4.40. The summed E-state index contributed by atoms with van der Waals surface area (Å²) >= 11 is 0. The maximum Gasteiger partial charge on any atom is 0.224 e. The molecule has 0 spiro atoms. The van der Waals surface area contributed by atoms with Gasteiger partial charge in [0.05, 0.1) is 18.2 Å². The Balaban J connectivity index is 2.56. The Kier molecular flexibility index (Phi) is 6.36. The number of aryl methyl sites for hydroxylation is 1. The van der Waals surface area contributed by atoms with Crippen molar-refractivity contribution in [3.8, 4) is 0 Å². The molecule has 0 aliphatic heterocycles. The van der Waals surface area contributed by atoms with Crippen LogP contribution in [0.3, 0.4) is 0 Å². The van der Waals surface area contributed by atoms with Crippen LogP contribution in [0, 0.1) is 5.92 Å². The molecular formula is C14H23N3O. The first-order chi connectivity index (χ1) is 8.72. The monoisotopic (exact) mass is 249 g/mol. The minimum atomic E-state index is -0.0798. The fraction of sp³-hybridized carbons (Fsp3) is 0.571. The molecule has 4 heteroatoms. The Morgan fingerprint density at radius 2 is 2.28 bits per heavy atom. The minimum Gasteiger partial charge on any atom is -0.350 e. The summed E-state index contributed by atoms with van der Waals surface area (Å²) in [5, 5.41) is 2.93. The lowest BCUT2D eigenvalue weighted by molar-refractivity contribution is -0.125. The first-order valence-corrected chi connectivity index (χ1v) is 6.63. The fourth-order valence-corrected chi connectivity index (χ4v) is 1.97. The molecule has 1 rings (SSSR count). The van der Waals surface area contributed by atoms with Crippen molar-refractivity contribution in [2.24, 2.45) is 11.7 Å². The van der Waals surface area contributed by atoms with Crippen LogP contribution in [-0.4, -0.2) is 17.4 Å². The van der Waals surface area contributed by atoms with Gasteiger partial charge in [0, 0.05) is 12.7 Å². The highest BCUT2D eigenvalue weighted by molar-refractivity contribution is 5.78. The van der Waals surface area contributed by atoms with Crippen molar-refractivity contribution in [2.45, 2.75) is 39.7 Å². The summed E-state index contributed by atoms with van der Waals surface area (Å²) in [4.78, 5) is 16.2. The molecule has 0 fully saturated rings. The Labute approximate surface area is 109 Å². The van der Waals surface area contributed by atoms with E-state index < -0.39 is 0 Å². The molecule has 0 aliphatic carbocycles. The number of carbonyl (C=O) groups is 1. The first kappa shape index (κ1) is 14.6. The molecule has 3 N–H and O–H groups in total. The number of hydrogen-bond donors (Lipinski definition) is 2. The van der Waals surface area contributed by atoms with Crippen molar-refractivity contribution in [1.29, 1.82) is 0 Å². The summed E-state index contributed by atoms with van der Waals surface area (Å²) in [6.07, 6.45) is 4.49. The van der Waals surface area contributed by atoms with Gasteiger partial charge < -0.3 is 11.1 Å². The highest BCUT2D eigenvalue weighted by Crippen LogP contribution is 2.08. The van der Waals surface area contributed by atoms with E-state index >= 15 is 0 Å². The van der Waals surface area contributed by atoms with Crippen LogP contribution in [0.5, 0.6) is 0 Å². The number of nitrogens with two attached hydrogens (primary N) is 1. The van der Waals surface area contributed by atoms with E-state index in [1.165, 1.54) is 5.56 Å². The first-order valence-electron chi connectivity index (χ1n) is 6.63. The molecule has 0 aromatic carbocycles. The number of aromatic nitrogens is 1. The van der Waals surface area contributed by atoms with Gasteiger partial charge in [-0.1, -0.05) is 26.3 Å². The Morgan fingerprint density at radius 1 is 1.50 bits per heavy atom. The van der Waals surface area contributed by atoms with Crippen LogP contribution in [0.4, 0.5) is 0 Å². The summed E-state index contributed by atoms with van der Waals surface area (Å²) < 4.78 is 0. The van der Waals surface area contributed by atoms with Crippen molar-refractivity contribution >= 4 is 5.91 Å². The fourth-order valence-electron chi connectivity index (χ4n) is 1.97. The molecule has 1 atom stereocenters. The quantitative estimate of drug-likeness (QED) is 0.772. The zero-order valence-electron chi connectivity index (χ0n) is 11.3. The van der Waals surface area contributed by atoms with E-state index in [0.717, 1.165) is 25.0 Å². The average Bonchev–Trinajstić information content (AvgIpc) is 2.42. The van der Waals surface area contributed by atoms with Gasteiger partial charge in [-0.2, -0.15) is 0 Å². The van der Waals surface area contributed by atoms with Crippen LogP contribution in [0.25, 0.3) is 0 Å². The van der Waals surface area contributed by atoms with E-state index in [-0.39, 0.29) is 11.8 Å². The van der Waals surface area contributed by atoms with Crippen molar-refractivity contribution < 1.29 is 4.79 Å². The lowest BCUT2D eigenvalue weighted by atomic mass is 10.0. The predicted octanol–water partition coefficient (Wildman–Crippen LogP) is 1.64. The van der Waals surface area contributed by atoms with Crippen LogP contribution < -0.4 is 11.1 Å². The summed E-state index contributed by atoms with van der Waals surface area (Å²) in [5.41, 5.74) is 7.73. The predicted molar refractivity (Wildman–Crippen MR) is 72.9 cm³/mol. The largest absolute Gasteiger partial charge is 0.350 e. The van der Waals surface area contributed by atoms with Crippen molar-refractivity contribution in [1.82, 2.24) is 10.3 Å². The van der Waals surface area contributed by atoms with Crippen LogP contribution in [0.2, 0.25) is 0 Å². The zero-order valence-corrected chi connectivity index (χ0v) is 11.3. The summed E-state index contributed by atoms with van der Waals surface area (Å²) in [6, 6.07) is 3.96. The van der Waals surface area contributed by atoms with E-state index in [1.807, 2.05) is 12.1 Å². The van der Waals surface area contributed by atoms with Crippen molar-refractivity contribution in [2.75, 3.05) is 6.54 Å². The Bertz CT molecular complexity index is 379. The van der Waals surface area contributed by atoms with E-state index in [9.17, 15) is 4.79 Å². The number of hydrogen-bond acceptors (Lipinski definition) is 3. The maximum absolute atomic E-state index is 11.9. The third kappa shape index (κ3) is 4.11. The zero-order chi connectivity index (χ0) is 13.4. The molecular weight excluding hydrogens is 226 g/mol. The summed E-state index contributed by atoms with van der Waals surface area (Å²) in [6.45, 7) is 5.04.